The number of hydrogen-bond acceptors (Lipinski definition) is 3. The first-order valence-corrected chi connectivity index (χ1v) is 6.44. The third-order valence-electron chi connectivity index (χ3n) is 3.04. The summed E-state index contributed by atoms with van der Waals surface area (Å²) in [6, 6.07) is 3.09. The first kappa shape index (κ1) is 17.3. The van der Waals surface area contributed by atoms with E-state index >= 15 is 0 Å². The number of benzene rings is 1. The molecule has 1 N–H and O–H groups in total. The maximum absolute atomic E-state index is 12.8. The molecule has 1 aromatic rings. The first-order chi connectivity index (χ1) is 9.81. The number of anilines is 1. The monoisotopic (exact) mass is 304 g/mol. The van der Waals surface area contributed by atoms with E-state index in [9.17, 15) is 18.0 Å². The molecule has 0 aliphatic carbocycles. The van der Waals surface area contributed by atoms with Gasteiger partial charge in [-0.2, -0.15) is 13.2 Å². The van der Waals surface area contributed by atoms with Crippen LogP contribution in [0.1, 0.15) is 22.3 Å². The number of nitrogens with zero attached hydrogens (tertiary/aromatic N) is 1. The summed E-state index contributed by atoms with van der Waals surface area (Å²) in [6.07, 6.45) is -3.86. The molecule has 0 atom stereocenters. The molecule has 0 fully saturated rings. The van der Waals surface area contributed by atoms with Crippen molar-refractivity contribution in [3.63, 3.8) is 0 Å². The van der Waals surface area contributed by atoms with Gasteiger partial charge in [0.15, 0.2) is 0 Å². The van der Waals surface area contributed by atoms with E-state index in [0.29, 0.717) is 25.3 Å². The van der Waals surface area contributed by atoms with Crippen LogP contribution in [0.4, 0.5) is 18.9 Å². The van der Waals surface area contributed by atoms with Crippen molar-refractivity contribution in [2.45, 2.75) is 12.6 Å². The van der Waals surface area contributed by atoms with Crippen LogP contribution in [0.25, 0.3) is 0 Å². The van der Waals surface area contributed by atoms with E-state index < -0.39 is 17.6 Å². The van der Waals surface area contributed by atoms with Gasteiger partial charge in [-0.1, -0.05) is 0 Å². The van der Waals surface area contributed by atoms with E-state index in [4.69, 9.17) is 4.74 Å². The van der Waals surface area contributed by atoms with Crippen molar-refractivity contribution in [1.29, 1.82) is 0 Å². The Labute approximate surface area is 121 Å². The number of halogens is 3. The molecule has 1 amide bonds. The highest BCUT2D eigenvalue weighted by molar-refractivity contribution is 5.99. The Bertz CT molecular complexity index is 490. The molecule has 118 valence electrons. The number of amides is 1. The van der Waals surface area contributed by atoms with Crippen LogP contribution in [0.15, 0.2) is 18.2 Å². The van der Waals surface area contributed by atoms with Crippen LogP contribution in [0, 0.1) is 0 Å². The predicted molar refractivity (Wildman–Crippen MR) is 74.4 cm³/mol. The van der Waals surface area contributed by atoms with Crippen molar-refractivity contribution in [3.05, 3.63) is 29.3 Å². The summed E-state index contributed by atoms with van der Waals surface area (Å²) in [6.45, 7) is 0.894. The van der Waals surface area contributed by atoms with E-state index in [1.54, 1.807) is 21.2 Å². The van der Waals surface area contributed by atoms with Gasteiger partial charge in [-0.25, -0.2) is 0 Å². The molecule has 1 aromatic carbocycles. The summed E-state index contributed by atoms with van der Waals surface area (Å²) in [5, 5.41) is 2.74. The van der Waals surface area contributed by atoms with Crippen LogP contribution >= 0.6 is 0 Å². The lowest BCUT2D eigenvalue weighted by molar-refractivity contribution is -0.137. The standard InChI is InChI=1S/C14H19F3N2O2/c1-18-12-6-5-10(14(15,16)17)9-11(12)13(20)19(2)7-4-8-21-3/h5-6,9,18H,4,7-8H2,1-3H3. The Morgan fingerprint density at radius 3 is 2.57 bits per heavy atom. The fraction of sp³-hybridized carbons (Fsp3) is 0.500. The average Bonchev–Trinajstić information content (AvgIpc) is 2.44. The summed E-state index contributed by atoms with van der Waals surface area (Å²) in [5.41, 5.74) is -0.464. The maximum atomic E-state index is 12.8. The van der Waals surface area contributed by atoms with E-state index in [1.165, 1.54) is 11.0 Å². The van der Waals surface area contributed by atoms with E-state index in [-0.39, 0.29) is 5.56 Å². The van der Waals surface area contributed by atoms with Gasteiger partial charge in [0.05, 0.1) is 11.1 Å². The fourth-order valence-electron chi connectivity index (χ4n) is 1.87. The fourth-order valence-corrected chi connectivity index (χ4v) is 1.87. The minimum Gasteiger partial charge on any atom is -0.387 e. The lowest BCUT2D eigenvalue weighted by Crippen LogP contribution is -2.29. The van der Waals surface area contributed by atoms with E-state index in [1.807, 2.05) is 0 Å². The number of carbonyl (C=O) groups is 1. The van der Waals surface area contributed by atoms with Gasteiger partial charge < -0.3 is 15.0 Å². The first-order valence-electron chi connectivity index (χ1n) is 6.44. The van der Waals surface area contributed by atoms with Crippen LogP contribution in [0.3, 0.4) is 0 Å². The van der Waals surface area contributed by atoms with Gasteiger partial charge in [-0.05, 0) is 24.6 Å². The summed E-state index contributed by atoms with van der Waals surface area (Å²) in [5.74, 6) is -0.457. The second-order valence-corrected chi connectivity index (χ2v) is 4.58. The Kier molecular flexibility index (Phi) is 6.02. The molecule has 0 saturated carbocycles. The molecule has 0 saturated heterocycles. The Morgan fingerprint density at radius 1 is 1.38 bits per heavy atom. The van der Waals surface area contributed by atoms with Crippen molar-refractivity contribution >= 4 is 11.6 Å². The Hall–Kier alpha value is -1.76. The van der Waals surface area contributed by atoms with Gasteiger partial charge in [-0.15, -0.1) is 0 Å². The van der Waals surface area contributed by atoms with Gasteiger partial charge in [0.2, 0.25) is 0 Å². The molecule has 1 rings (SSSR count). The Morgan fingerprint density at radius 2 is 2.05 bits per heavy atom. The molecular weight excluding hydrogens is 285 g/mol. The summed E-state index contributed by atoms with van der Waals surface area (Å²) in [4.78, 5) is 13.7. The van der Waals surface area contributed by atoms with Crippen LogP contribution in [-0.2, 0) is 10.9 Å². The zero-order chi connectivity index (χ0) is 16.0. The third kappa shape index (κ3) is 4.63. The molecule has 0 aromatic heterocycles. The second kappa shape index (κ2) is 7.31. The number of methoxy groups -OCH3 is 1. The quantitative estimate of drug-likeness (QED) is 0.822. The minimum atomic E-state index is -4.48. The molecule has 0 unspecified atom stereocenters. The molecular formula is C14H19F3N2O2. The molecule has 21 heavy (non-hydrogen) atoms. The zero-order valence-electron chi connectivity index (χ0n) is 12.3. The molecule has 0 radical (unpaired) electrons. The zero-order valence-corrected chi connectivity index (χ0v) is 12.3. The molecule has 0 heterocycles. The highest BCUT2D eigenvalue weighted by atomic mass is 19.4. The van der Waals surface area contributed by atoms with Gasteiger partial charge >= 0.3 is 6.18 Å². The van der Waals surface area contributed by atoms with Gasteiger partial charge in [0, 0.05) is 40.0 Å². The number of nitrogens with one attached hydrogen (secondary N) is 1. The average molecular weight is 304 g/mol. The lowest BCUT2D eigenvalue weighted by Gasteiger charge is -2.20. The largest absolute Gasteiger partial charge is 0.416 e. The third-order valence-corrected chi connectivity index (χ3v) is 3.04. The van der Waals surface area contributed by atoms with Crippen molar-refractivity contribution in [3.8, 4) is 0 Å². The van der Waals surface area contributed by atoms with Crippen LogP contribution in [0.2, 0.25) is 0 Å². The molecule has 0 aliphatic rings. The predicted octanol–water partition coefficient (Wildman–Crippen LogP) is 2.86. The highest BCUT2D eigenvalue weighted by Gasteiger charge is 2.32. The number of hydrogen-bond donors (Lipinski definition) is 1. The number of ether oxygens (including phenoxy) is 1. The topological polar surface area (TPSA) is 41.6 Å². The van der Waals surface area contributed by atoms with E-state index in [2.05, 4.69) is 5.32 Å². The smallest absolute Gasteiger partial charge is 0.387 e. The van der Waals surface area contributed by atoms with Gasteiger partial charge in [-0.3, -0.25) is 4.79 Å². The highest BCUT2D eigenvalue weighted by Crippen LogP contribution is 2.32. The summed E-state index contributed by atoms with van der Waals surface area (Å²) in [7, 11) is 4.66. The normalized spacial score (nSPS) is 11.3. The molecule has 0 bridgehead atoms. The molecule has 4 nitrogen and oxygen atoms in total. The molecule has 0 aliphatic heterocycles. The lowest BCUT2D eigenvalue weighted by atomic mass is 10.1. The summed E-state index contributed by atoms with van der Waals surface area (Å²) < 4.78 is 43.2. The molecule has 0 spiro atoms. The Balaban J connectivity index is 3.00. The van der Waals surface area contributed by atoms with Crippen molar-refractivity contribution < 1.29 is 22.7 Å². The number of rotatable bonds is 6. The van der Waals surface area contributed by atoms with Crippen LogP contribution < -0.4 is 5.32 Å². The van der Waals surface area contributed by atoms with Crippen LogP contribution in [0.5, 0.6) is 0 Å². The van der Waals surface area contributed by atoms with Crippen molar-refractivity contribution in [1.82, 2.24) is 4.90 Å². The maximum Gasteiger partial charge on any atom is 0.416 e. The van der Waals surface area contributed by atoms with Crippen molar-refractivity contribution in [2.24, 2.45) is 0 Å². The number of alkyl halides is 3. The molecule has 7 heteroatoms. The second-order valence-electron chi connectivity index (χ2n) is 4.58. The van der Waals surface area contributed by atoms with Gasteiger partial charge in [0.1, 0.15) is 0 Å². The number of carbonyl (C=O) groups excluding carboxylic acids is 1. The van der Waals surface area contributed by atoms with Crippen LogP contribution in [-0.4, -0.2) is 45.2 Å². The minimum absolute atomic E-state index is 0.00671. The SMILES string of the molecule is CNc1ccc(C(F)(F)F)cc1C(=O)N(C)CCCOC. The van der Waals surface area contributed by atoms with Crippen molar-refractivity contribution in [2.75, 3.05) is 39.7 Å². The van der Waals surface area contributed by atoms with E-state index in [0.717, 1.165) is 12.1 Å². The summed E-state index contributed by atoms with van der Waals surface area (Å²) >= 11 is 0. The van der Waals surface area contributed by atoms with Gasteiger partial charge in [0.25, 0.3) is 5.91 Å².